The van der Waals surface area contributed by atoms with Crippen molar-refractivity contribution in [2.45, 2.75) is 24.5 Å². The van der Waals surface area contributed by atoms with E-state index in [1.165, 1.54) is 12.1 Å². The fraction of sp³-hybridized carbons (Fsp3) is 0.294. The molecule has 25 heteroatoms. The van der Waals surface area contributed by atoms with Gasteiger partial charge in [-0.2, -0.15) is 13.6 Å². The van der Waals surface area contributed by atoms with Crippen LogP contribution in [-0.4, -0.2) is 75.1 Å². The van der Waals surface area contributed by atoms with Crippen molar-refractivity contribution in [2.24, 2.45) is 0 Å². The fourth-order valence-electron chi connectivity index (χ4n) is 3.72. The third-order valence-corrected chi connectivity index (χ3v) is 9.37. The number of anilines is 2. The van der Waals surface area contributed by atoms with E-state index in [1.54, 1.807) is 0 Å². The summed E-state index contributed by atoms with van der Waals surface area (Å²) in [5, 5.41) is 11.2. The van der Waals surface area contributed by atoms with Gasteiger partial charge in [0.15, 0.2) is 23.5 Å². The summed E-state index contributed by atoms with van der Waals surface area (Å²) < 4.78 is 58.7. The Hall–Kier alpha value is -2.74. The molecular weight excluding hydrogens is 657 g/mol. The Kier molecular flexibility index (Phi) is 9.00. The number of ether oxygens (including phenoxy) is 2. The second-order valence-corrected chi connectivity index (χ2v) is 13.2. The van der Waals surface area contributed by atoms with Crippen LogP contribution in [0.1, 0.15) is 16.6 Å². The van der Waals surface area contributed by atoms with Crippen molar-refractivity contribution in [3.05, 3.63) is 45.5 Å². The third-order valence-electron chi connectivity index (χ3n) is 5.33. The number of H-pyrrole nitrogens is 1. The highest BCUT2D eigenvalue weighted by molar-refractivity contribution is 7.66. The highest BCUT2D eigenvalue weighted by Gasteiger charge is 2.50. The summed E-state index contributed by atoms with van der Waals surface area (Å²) >= 11 is 5.91. The molecule has 0 aliphatic carbocycles. The Morgan fingerprint density at radius 3 is 2.50 bits per heavy atom. The minimum absolute atomic E-state index is 0.0707. The molecule has 1 saturated heterocycles. The number of aromatic nitrogens is 4. The molecule has 230 valence electrons. The quantitative estimate of drug-likeness (QED) is 0.0780. The smallest absolute Gasteiger partial charge is 0.453 e. The van der Waals surface area contributed by atoms with Crippen LogP contribution in [0.25, 0.3) is 11.2 Å². The molecule has 0 spiro atoms. The fourth-order valence-corrected chi connectivity index (χ4v) is 6.92. The van der Waals surface area contributed by atoms with Gasteiger partial charge in [-0.15, -0.1) is 0 Å². The second-order valence-electron chi connectivity index (χ2n) is 8.32. The summed E-state index contributed by atoms with van der Waals surface area (Å²) in [5.41, 5.74) is 9.93. The topological polar surface area (TPSA) is 331 Å². The molecule has 0 saturated carbocycles. The zero-order valence-electron chi connectivity index (χ0n) is 20.4. The van der Waals surface area contributed by atoms with Crippen molar-refractivity contribution in [3.63, 3.8) is 0 Å². The number of imidazole rings is 1. The van der Waals surface area contributed by atoms with E-state index in [4.69, 9.17) is 42.3 Å². The molecule has 2 unspecified atom stereocenters. The monoisotopic (exact) mass is 676 g/mol. The van der Waals surface area contributed by atoms with E-state index < -0.39 is 66.1 Å². The van der Waals surface area contributed by atoms with Gasteiger partial charge in [0.1, 0.15) is 12.2 Å². The average Bonchev–Trinajstić information content (AvgIpc) is 3.38. The molecular formula is C17H20ClN6O15P3. The van der Waals surface area contributed by atoms with E-state index >= 15 is 0 Å². The first-order valence-electron chi connectivity index (χ1n) is 11.0. The van der Waals surface area contributed by atoms with Crippen molar-refractivity contribution in [3.8, 4) is 0 Å². The lowest BCUT2D eigenvalue weighted by molar-refractivity contribution is -0.0520. The summed E-state index contributed by atoms with van der Waals surface area (Å²) in [6.07, 6.45) is -5.78. The predicted molar refractivity (Wildman–Crippen MR) is 137 cm³/mol. The largest absolute Gasteiger partial charge is 0.490 e. The summed E-state index contributed by atoms with van der Waals surface area (Å²) in [4.78, 5) is 71.7. The summed E-state index contributed by atoms with van der Waals surface area (Å²) in [5.74, 6) is -1.47. The zero-order valence-corrected chi connectivity index (χ0v) is 23.8. The maximum absolute atomic E-state index is 12.9. The van der Waals surface area contributed by atoms with Gasteiger partial charge in [-0.3, -0.25) is 18.9 Å². The predicted octanol–water partition coefficient (Wildman–Crippen LogP) is -0.235. The van der Waals surface area contributed by atoms with E-state index in [0.717, 1.165) is 17.0 Å². The molecule has 21 nitrogen and oxygen atoms in total. The van der Waals surface area contributed by atoms with Crippen LogP contribution >= 0.6 is 35.1 Å². The Labute approximate surface area is 237 Å². The number of benzene rings is 1. The Balaban J connectivity index is 1.63. The lowest BCUT2D eigenvalue weighted by Gasteiger charge is -2.22. The molecule has 2 aromatic heterocycles. The van der Waals surface area contributed by atoms with Gasteiger partial charge in [0, 0.05) is 10.7 Å². The van der Waals surface area contributed by atoms with Gasteiger partial charge >= 0.3 is 29.4 Å². The molecule has 1 aliphatic heterocycles. The maximum atomic E-state index is 12.9. The highest BCUT2D eigenvalue weighted by Crippen LogP contribution is 2.66. The Morgan fingerprint density at radius 1 is 1.14 bits per heavy atom. The van der Waals surface area contributed by atoms with Gasteiger partial charge in [0.25, 0.3) is 5.56 Å². The second kappa shape index (κ2) is 11.7. The first-order chi connectivity index (χ1) is 19.4. The van der Waals surface area contributed by atoms with Crippen molar-refractivity contribution in [1.82, 2.24) is 19.5 Å². The summed E-state index contributed by atoms with van der Waals surface area (Å²) in [6, 6.07) is 3.83. The van der Waals surface area contributed by atoms with Gasteiger partial charge in [0.2, 0.25) is 5.95 Å². The zero-order chi connectivity index (χ0) is 31.2. The number of carbonyl (C=O) groups is 1. The van der Waals surface area contributed by atoms with E-state index in [9.17, 15) is 38.2 Å². The molecule has 6 atom stereocenters. The van der Waals surface area contributed by atoms with Crippen LogP contribution in [0.4, 0.5) is 11.6 Å². The van der Waals surface area contributed by atoms with Gasteiger partial charge in [-0.05, 0) is 18.2 Å². The van der Waals surface area contributed by atoms with Crippen LogP contribution < -0.4 is 17.0 Å². The number of aliphatic hydroxyl groups is 1. The summed E-state index contributed by atoms with van der Waals surface area (Å²) in [7, 11) is -17.2. The number of aliphatic hydroxyl groups excluding tert-OH is 1. The number of phosphoric acid groups is 3. The maximum Gasteiger partial charge on any atom is 0.490 e. The van der Waals surface area contributed by atoms with Crippen LogP contribution in [0.15, 0.2) is 29.3 Å². The number of hydrogen-bond donors (Lipinski definition) is 8. The van der Waals surface area contributed by atoms with Gasteiger partial charge in [-0.25, -0.2) is 23.5 Å². The normalized spacial score (nSPS) is 23.9. The average molecular weight is 677 g/mol. The van der Waals surface area contributed by atoms with Gasteiger partial charge in [0.05, 0.1) is 18.5 Å². The molecule has 42 heavy (non-hydrogen) atoms. The van der Waals surface area contributed by atoms with Crippen LogP contribution in [-0.2, 0) is 36.3 Å². The number of nitrogens with two attached hydrogens (primary N) is 2. The Bertz CT molecular complexity index is 1730. The van der Waals surface area contributed by atoms with E-state index in [1.807, 2.05) is 0 Å². The molecule has 1 aromatic carbocycles. The minimum atomic E-state index is -5.85. The number of nitrogens with zero attached hydrogens (tertiary/aromatic N) is 3. The van der Waals surface area contributed by atoms with Gasteiger partial charge in [-0.1, -0.05) is 11.6 Å². The molecule has 3 aromatic rings. The van der Waals surface area contributed by atoms with Crippen LogP contribution in [0.5, 0.6) is 0 Å². The number of aromatic amines is 1. The molecule has 10 N–H and O–H groups in total. The van der Waals surface area contributed by atoms with Crippen molar-refractivity contribution in [2.75, 3.05) is 18.1 Å². The standard InChI is InChI=1S/C17H20ClN6O15P3/c18-6-1-2-8(19)7(3-6)16(27)37-12-9(4-35-41(31,32)39-42(33,34)38-40(28,29)30)36-15(11(12)25)24-5-21-10-13(24)22-17(20)23-14(10)26/h1-3,5,9,11-12,15,25H,4,19H2,(H,31,32)(H,33,34)(H2,28,29,30)(H3,20,22,23,26)/t9-,11-,12-,15-/m1/s1. The highest BCUT2D eigenvalue weighted by atomic mass is 35.5. The first kappa shape index (κ1) is 32.2. The lowest BCUT2D eigenvalue weighted by atomic mass is 10.1. The number of phosphoric ester groups is 1. The number of fused-ring (bicyclic) bond motifs is 1. The number of halogens is 1. The number of esters is 1. The SMILES string of the molecule is Nc1nc2c(ncn2[C@@H]2O[C@H](COP(=O)(O)OP(=O)(O)OP(=O)(O)O)[C@@H](OC(=O)c3cc(Cl)ccc3N)[C@H]2O)c(=O)[nH]1. The first-order valence-corrected chi connectivity index (χ1v) is 15.9. The van der Waals surface area contributed by atoms with Crippen molar-refractivity contribution in [1.29, 1.82) is 0 Å². The molecule has 1 fully saturated rings. The third kappa shape index (κ3) is 7.42. The van der Waals surface area contributed by atoms with E-state index in [2.05, 4.69) is 28.1 Å². The number of hydrogen-bond acceptors (Lipinski definition) is 15. The van der Waals surface area contributed by atoms with Crippen LogP contribution in [0.2, 0.25) is 5.02 Å². The van der Waals surface area contributed by atoms with Crippen molar-refractivity contribution < 1.29 is 65.8 Å². The molecule has 0 radical (unpaired) electrons. The molecule has 4 rings (SSSR count). The van der Waals surface area contributed by atoms with Crippen molar-refractivity contribution >= 4 is 63.8 Å². The lowest BCUT2D eigenvalue weighted by Crippen LogP contribution is -2.38. The van der Waals surface area contributed by atoms with E-state index in [-0.39, 0.29) is 33.4 Å². The summed E-state index contributed by atoms with van der Waals surface area (Å²) in [6.45, 7) is -1.12. The van der Waals surface area contributed by atoms with Crippen LogP contribution in [0, 0.1) is 0 Å². The Morgan fingerprint density at radius 2 is 1.83 bits per heavy atom. The molecule has 0 amide bonds. The molecule has 0 bridgehead atoms. The molecule has 3 heterocycles. The number of nitrogens with one attached hydrogen (secondary N) is 1. The number of nitrogen functional groups attached to an aromatic ring is 2. The van der Waals surface area contributed by atoms with Crippen LogP contribution in [0.3, 0.4) is 0 Å². The minimum Gasteiger partial charge on any atom is -0.453 e. The van der Waals surface area contributed by atoms with Gasteiger partial charge < -0.3 is 45.6 Å². The number of rotatable bonds is 10. The van der Waals surface area contributed by atoms with E-state index in [0.29, 0.717) is 0 Å². The number of carbonyl (C=O) groups excluding carboxylic acids is 1. The molecule has 1 aliphatic rings.